The van der Waals surface area contributed by atoms with Gasteiger partial charge in [-0.3, -0.25) is 4.79 Å². The van der Waals surface area contributed by atoms with Gasteiger partial charge in [-0.15, -0.1) is 0 Å². The van der Waals surface area contributed by atoms with Crippen LogP contribution in [-0.2, 0) is 16.0 Å². The Morgan fingerprint density at radius 2 is 1.89 bits per heavy atom. The fourth-order valence-corrected chi connectivity index (χ4v) is 1.47. The van der Waals surface area contributed by atoms with E-state index in [0.717, 1.165) is 31.4 Å². The molecule has 1 rings (SSSR count). The number of anilines is 1. The maximum Gasteiger partial charge on any atom is 0.328 e. The van der Waals surface area contributed by atoms with Crippen LogP contribution in [-0.4, -0.2) is 17.0 Å². The van der Waals surface area contributed by atoms with Crippen molar-refractivity contribution in [2.45, 2.75) is 26.2 Å². The maximum atomic E-state index is 11.3. The average molecular weight is 247 g/mol. The number of benzene rings is 1. The molecule has 0 fully saturated rings. The predicted molar refractivity (Wildman–Crippen MR) is 70.5 cm³/mol. The van der Waals surface area contributed by atoms with E-state index in [9.17, 15) is 9.59 Å². The van der Waals surface area contributed by atoms with E-state index in [4.69, 9.17) is 5.11 Å². The molecule has 1 aromatic rings. The van der Waals surface area contributed by atoms with Gasteiger partial charge in [0.1, 0.15) is 0 Å². The smallest absolute Gasteiger partial charge is 0.328 e. The molecule has 0 radical (unpaired) electrons. The van der Waals surface area contributed by atoms with Crippen LogP contribution in [0.4, 0.5) is 5.69 Å². The zero-order valence-corrected chi connectivity index (χ0v) is 10.3. The van der Waals surface area contributed by atoms with Gasteiger partial charge in [0.05, 0.1) is 0 Å². The molecule has 4 nitrogen and oxygen atoms in total. The zero-order chi connectivity index (χ0) is 13.4. The van der Waals surface area contributed by atoms with E-state index in [-0.39, 0.29) is 0 Å². The number of unbranched alkanes of at least 4 members (excludes halogenated alkanes) is 1. The van der Waals surface area contributed by atoms with Gasteiger partial charge in [-0.1, -0.05) is 25.5 Å². The summed E-state index contributed by atoms with van der Waals surface area (Å²) in [5.41, 5.74) is 1.89. The quantitative estimate of drug-likeness (QED) is 0.759. The van der Waals surface area contributed by atoms with Crippen LogP contribution in [0, 0.1) is 0 Å². The number of nitrogens with one attached hydrogen (secondary N) is 1. The van der Waals surface area contributed by atoms with Crippen molar-refractivity contribution in [3.63, 3.8) is 0 Å². The van der Waals surface area contributed by atoms with Crippen molar-refractivity contribution in [1.29, 1.82) is 0 Å². The molecular weight excluding hydrogens is 230 g/mol. The van der Waals surface area contributed by atoms with Crippen molar-refractivity contribution in [2.75, 3.05) is 5.32 Å². The molecule has 4 heteroatoms. The fourth-order valence-electron chi connectivity index (χ4n) is 1.47. The largest absolute Gasteiger partial charge is 0.478 e. The lowest BCUT2D eigenvalue weighted by Gasteiger charge is -2.04. The number of aliphatic carboxylic acids is 1. The molecule has 0 spiro atoms. The highest BCUT2D eigenvalue weighted by Crippen LogP contribution is 2.11. The van der Waals surface area contributed by atoms with Gasteiger partial charge >= 0.3 is 5.97 Å². The molecule has 0 aromatic heterocycles. The molecule has 1 amide bonds. The van der Waals surface area contributed by atoms with Crippen molar-refractivity contribution in [1.82, 2.24) is 0 Å². The van der Waals surface area contributed by atoms with Gasteiger partial charge in [-0.05, 0) is 30.5 Å². The van der Waals surface area contributed by atoms with E-state index >= 15 is 0 Å². The Kier molecular flexibility index (Phi) is 5.64. The van der Waals surface area contributed by atoms with Crippen molar-refractivity contribution in [3.8, 4) is 0 Å². The number of aryl methyl sites for hydroxylation is 1. The van der Waals surface area contributed by atoms with E-state index in [0.29, 0.717) is 5.69 Å². The first-order valence-electron chi connectivity index (χ1n) is 5.92. The first-order valence-corrected chi connectivity index (χ1v) is 5.92. The van der Waals surface area contributed by atoms with Crippen LogP contribution in [0.1, 0.15) is 25.3 Å². The monoisotopic (exact) mass is 247 g/mol. The van der Waals surface area contributed by atoms with Crippen molar-refractivity contribution in [2.24, 2.45) is 0 Å². The lowest BCUT2D eigenvalue weighted by molar-refractivity contribution is -0.131. The second kappa shape index (κ2) is 7.27. The summed E-state index contributed by atoms with van der Waals surface area (Å²) >= 11 is 0. The molecule has 0 atom stereocenters. The molecule has 0 aliphatic rings. The number of hydrogen-bond donors (Lipinski definition) is 2. The number of carboxylic acids is 1. The molecule has 0 unspecified atom stereocenters. The predicted octanol–water partition coefficient (Wildman–Crippen LogP) is 2.61. The van der Waals surface area contributed by atoms with Gasteiger partial charge in [0.2, 0.25) is 5.91 Å². The fraction of sp³-hybridized carbons (Fsp3) is 0.286. The second-order valence-electron chi connectivity index (χ2n) is 3.96. The second-order valence-corrected chi connectivity index (χ2v) is 3.96. The van der Waals surface area contributed by atoms with E-state index in [1.54, 1.807) is 0 Å². The van der Waals surface area contributed by atoms with Crippen LogP contribution in [0.3, 0.4) is 0 Å². The molecule has 0 aliphatic heterocycles. The number of amides is 1. The van der Waals surface area contributed by atoms with E-state index in [2.05, 4.69) is 12.2 Å². The third-order valence-electron chi connectivity index (χ3n) is 2.42. The first kappa shape index (κ1) is 14.0. The third-order valence-corrected chi connectivity index (χ3v) is 2.42. The summed E-state index contributed by atoms with van der Waals surface area (Å²) in [5, 5.41) is 11.0. The Morgan fingerprint density at radius 3 is 2.44 bits per heavy atom. The molecule has 96 valence electrons. The third kappa shape index (κ3) is 5.30. The molecule has 18 heavy (non-hydrogen) atoms. The van der Waals surface area contributed by atoms with Crippen LogP contribution < -0.4 is 5.32 Å². The number of carboxylic acid groups (broad SMARTS) is 1. The van der Waals surface area contributed by atoms with Crippen LogP contribution in [0.2, 0.25) is 0 Å². The Labute approximate surface area is 106 Å². The highest BCUT2D eigenvalue weighted by molar-refractivity contribution is 6.02. The molecule has 0 heterocycles. The molecule has 0 saturated heterocycles. The van der Waals surface area contributed by atoms with Gasteiger partial charge < -0.3 is 10.4 Å². The average Bonchev–Trinajstić information content (AvgIpc) is 2.35. The summed E-state index contributed by atoms with van der Waals surface area (Å²) in [6, 6.07) is 7.56. The van der Waals surface area contributed by atoms with Gasteiger partial charge in [0, 0.05) is 17.8 Å². The number of rotatable bonds is 6. The molecule has 1 aromatic carbocycles. The normalized spacial score (nSPS) is 10.5. The molecule has 0 aliphatic carbocycles. The Balaban J connectivity index is 2.53. The van der Waals surface area contributed by atoms with Crippen LogP contribution >= 0.6 is 0 Å². The van der Waals surface area contributed by atoms with Crippen LogP contribution in [0.5, 0.6) is 0 Å². The minimum Gasteiger partial charge on any atom is -0.478 e. The summed E-state index contributed by atoms with van der Waals surface area (Å²) in [5.74, 6) is -1.58. The molecule has 2 N–H and O–H groups in total. The first-order chi connectivity index (χ1) is 8.61. The van der Waals surface area contributed by atoms with Gasteiger partial charge in [-0.25, -0.2) is 4.79 Å². The summed E-state index contributed by atoms with van der Waals surface area (Å²) in [7, 11) is 0. The summed E-state index contributed by atoms with van der Waals surface area (Å²) in [6.07, 6.45) is 5.13. The highest BCUT2D eigenvalue weighted by Gasteiger charge is 1.99. The topological polar surface area (TPSA) is 66.4 Å². The minimum absolute atomic E-state index is 0.446. The Bertz CT molecular complexity index is 435. The SMILES string of the molecule is CCCCc1ccc(NC(=O)/C=C\C(=O)O)cc1. The lowest BCUT2D eigenvalue weighted by Crippen LogP contribution is -2.08. The summed E-state index contributed by atoms with van der Waals surface area (Å²) in [6.45, 7) is 2.14. The number of hydrogen-bond acceptors (Lipinski definition) is 2. The summed E-state index contributed by atoms with van der Waals surface area (Å²) < 4.78 is 0. The molecular formula is C14H17NO3. The van der Waals surface area contributed by atoms with Gasteiger partial charge in [0.15, 0.2) is 0 Å². The zero-order valence-electron chi connectivity index (χ0n) is 10.3. The molecule has 0 bridgehead atoms. The maximum absolute atomic E-state index is 11.3. The van der Waals surface area contributed by atoms with Crippen molar-refractivity contribution >= 4 is 17.6 Å². The van der Waals surface area contributed by atoms with Crippen LogP contribution in [0.25, 0.3) is 0 Å². The number of carbonyl (C=O) groups is 2. The van der Waals surface area contributed by atoms with Crippen molar-refractivity contribution < 1.29 is 14.7 Å². The van der Waals surface area contributed by atoms with Crippen molar-refractivity contribution in [3.05, 3.63) is 42.0 Å². The van der Waals surface area contributed by atoms with Gasteiger partial charge in [-0.2, -0.15) is 0 Å². The highest BCUT2D eigenvalue weighted by atomic mass is 16.4. The van der Waals surface area contributed by atoms with E-state index in [1.165, 1.54) is 5.56 Å². The number of carbonyl (C=O) groups excluding carboxylic acids is 1. The Hall–Kier alpha value is -2.10. The minimum atomic E-state index is -1.14. The van der Waals surface area contributed by atoms with E-state index < -0.39 is 11.9 Å². The molecule has 0 saturated carbocycles. The summed E-state index contributed by atoms with van der Waals surface area (Å²) in [4.78, 5) is 21.5. The van der Waals surface area contributed by atoms with E-state index in [1.807, 2.05) is 24.3 Å². The Morgan fingerprint density at radius 1 is 1.22 bits per heavy atom. The standard InChI is InChI=1S/C14H17NO3/c1-2-3-4-11-5-7-12(8-6-11)15-13(16)9-10-14(17)18/h5-10H,2-4H2,1H3,(H,15,16)(H,17,18)/b10-9-. The van der Waals surface area contributed by atoms with Crippen LogP contribution in [0.15, 0.2) is 36.4 Å². The lowest BCUT2D eigenvalue weighted by atomic mass is 10.1. The van der Waals surface area contributed by atoms with Gasteiger partial charge in [0.25, 0.3) is 0 Å².